The number of para-hydroxylation sites is 2. The van der Waals surface area contributed by atoms with Crippen LogP contribution in [0.25, 0.3) is 17.1 Å². The molecule has 1 heterocycles. The lowest BCUT2D eigenvalue weighted by Gasteiger charge is -2.04. The Hall–Kier alpha value is -2.31. The molecule has 2 N–H and O–H groups in total. The van der Waals surface area contributed by atoms with Gasteiger partial charge in [0.25, 0.3) is 5.56 Å². The second-order valence-corrected chi connectivity index (χ2v) is 3.50. The third-order valence-corrected chi connectivity index (χ3v) is 2.19. The number of hydrogen-bond acceptors (Lipinski definition) is 3. The molecule has 0 amide bonds. The van der Waals surface area contributed by atoms with E-state index in [4.69, 9.17) is 5.11 Å². The Kier molecular flexibility index (Phi) is 2.82. The van der Waals surface area contributed by atoms with E-state index < -0.39 is 23.2 Å². The summed E-state index contributed by atoms with van der Waals surface area (Å²) >= 11 is 0. The molecule has 0 aliphatic heterocycles. The van der Waals surface area contributed by atoms with Crippen LogP contribution < -0.4 is 5.56 Å². The van der Waals surface area contributed by atoms with Crippen molar-refractivity contribution in [2.24, 2.45) is 0 Å². The monoisotopic (exact) mass is 256 g/mol. The molecule has 0 aliphatic rings. The highest BCUT2D eigenvalue weighted by atomic mass is 19.4. The summed E-state index contributed by atoms with van der Waals surface area (Å²) in [7, 11) is 0. The van der Waals surface area contributed by atoms with Gasteiger partial charge in [0.1, 0.15) is 5.69 Å². The number of aromatic nitrogens is 2. The third kappa shape index (κ3) is 2.34. The summed E-state index contributed by atoms with van der Waals surface area (Å²) in [5.74, 6) is -1.87. The van der Waals surface area contributed by atoms with Gasteiger partial charge in [0.2, 0.25) is 0 Å². The number of benzene rings is 1. The van der Waals surface area contributed by atoms with E-state index in [9.17, 15) is 18.0 Å². The fraction of sp³-hybridized carbons (Fsp3) is 0.0909. The predicted molar refractivity (Wildman–Crippen MR) is 59.0 cm³/mol. The van der Waals surface area contributed by atoms with Crippen LogP contribution in [0.5, 0.6) is 0 Å². The van der Waals surface area contributed by atoms with Crippen molar-refractivity contribution in [1.82, 2.24) is 9.97 Å². The molecule has 94 valence electrons. The number of H-pyrrole nitrogens is 1. The SMILES string of the molecule is O=c1[nH]c2ccccc2nc1/C=C(/O)C(F)(F)F. The number of halogens is 3. The van der Waals surface area contributed by atoms with Crippen molar-refractivity contribution in [2.75, 3.05) is 0 Å². The number of hydrogen-bond donors (Lipinski definition) is 2. The first-order valence-corrected chi connectivity index (χ1v) is 4.85. The molecule has 7 heteroatoms. The van der Waals surface area contributed by atoms with Crippen molar-refractivity contribution in [3.63, 3.8) is 0 Å². The topological polar surface area (TPSA) is 66.0 Å². The van der Waals surface area contributed by atoms with Crippen LogP contribution in [0.2, 0.25) is 0 Å². The molecule has 0 radical (unpaired) electrons. The van der Waals surface area contributed by atoms with Crippen LogP contribution in [0, 0.1) is 0 Å². The van der Waals surface area contributed by atoms with E-state index in [2.05, 4.69) is 9.97 Å². The Morgan fingerprint density at radius 2 is 2.00 bits per heavy atom. The molecule has 0 saturated carbocycles. The van der Waals surface area contributed by atoms with E-state index in [-0.39, 0.29) is 0 Å². The van der Waals surface area contributed by atoms with Gasteiger partial charge in [-0.2, -0.15) is 13.2 Å². The number of aliphatic hydroxyl groups excluding tert-OH is 1. The molecule has 2 rings (SSSR count). The molecule has 0 fully saturated rings. The summed E-state index contributed by atoms with van der Waals surface area (Å²) in [5.41, 5.74) is -0.558. The maximum atomic E-state index is 12.1. The van der Waals surface area contributed by atoms with Crippen LogP contribution in [-0.2, 0) is 0 Å². The molecule has 1 aromatic carbocycles. The molecule has 0 spiro atoms. The Labute approximate surface area is 98.4 Å². The van der Waals surface area contributed by atoms with Gasteiger partial charge >= 0.3 is 6.18 Å². The zero-order valence-corrected chi connectivity index (χ0v) is 8.82. The molecular formula is C11H7F3N2O2. The van der Waals surface area contributed by atoms with Crippen LogP contribution in [0.4, 0.5) is 13.2 Å². The van der Waals surface area contributed by atoms with Gasteiger partial charge in [0, 0.05) is 6.08 Å². The van der Waals surface area contributed by atoms with Gasteiger partial charge in [-0.3, -0.25) is 4.79 Å². The summed E-state index contributed by atoms with van der Waals surface area (Å²) in [5, 5.41) is 8.78. The van der Waals surface area contributed by atoms with Crippen LogP contribution in [0.1, 0.15) is 5.69 Å². The van der Waals surface area contributed by atoms with Crippen molar-refractivity contribution >= 4 is 17.1 Å². The summed E-state index contributed by atoms with van der Waals surface area (Å²) in [6.45, 7) is 0. The Bertz CT molecular complexity index is 674. The first-order chi connectivity index (χ1) is 8.38. The molecule has 0 bridgehead atoms. The number of aromatic amines is 1. The van der Waals surface area contributed by atoms with Gasteiger partial charge in [-0.15, -0.1) is 0 Å². The first-order valence-electron chi connectivity index (χ1n) is 4.85. The zero-order valence-electron chi connectivity index (χ0n) is 8.82. The Morgan fingerprint density at radius 1 is 1.33 bits per heavy atom. The van der Waals surface area contributed by atoms with Gasteiger partial charge in [-0.05, 0) is 12.1 Å². The lowest BCUT2D eigenvalue weighted by Crippen LogP contribution is -2.15. The van der Waals surface area contributed by atoms with Crippen LogP contribution in [0.3, 0.4) is 0 Å². The van der Waals surface area contributed by atoms with Gasteiger partial charge in [0.15, 0.2) is 5.76 Å². The van der Waals surface area contributed by atoms with Gasteiger partial charge in [0.05, 0.1) is 11.0 Å². The maximum absolute atomic E-state index is 12.1. The number of alkyl halides is 3. The lowest BCUT2D eigenvalue weighted by molar-refractivity contribution is -0.119. The molecule has 0 saturated heterocycles. The van der Waals surface area contributed by atoms with Crippen LogP contribution in [-0.4, -0.2) is 21.3 Å². The van der Waals surface area contributed by atoms with E-state index in [1.54, 1.807) is 18.2 Å². The zero-order chi connectivity index (χ0) is 13.3. The Morgan fingerprint density at radius 3 is 2.67 bits per heavy atom. The molecule has 0 atom stereocenters. The number of allylic oxidation sites excluding steroid dienone is 1. The average molecular weight is 256 g/mol. The standard InChI is InChI=1S/C11H7F3N2O2/c12-11(13,14)9(17)5-8-10(18)16-7-4-2-1-3-6(7)15-8/h1-5,17H,(H,16,18)/b9-5+. The fourth-order valence-corrected chi connectivity index (χ4v) is 1.35. The van der Waals surface area contributed by atoms with Crippen molar-refractivity contribution in [3.05, 3.63) is 46.1 Å². The smallest absolute Gasteiger partial charge is 0.448 e. The minimum Gasteiger partial charge on any atom is -0.504 e. The summed E-state index contributed by atoms with van der Waals surface area (Å²) in [4.78, 5) is 17.6. The van der Waals surface area contributed by atoms with Crippen molar-refractivity contribution < 1.29 is 18.3 Å². The van der Waals surface area contributed by atoms with E-state index in [0.29, 0.717) is 17.1 Å². The van der Waals surface area contributed by atoms with Gasteiger partial charge in [-0.1, -0.05) is 12.1 Å². The molecule has 0 unspecified atom stereocenters. The van der Waals surface area contributed by atoms with Crippen LogP contribution in [0.15, 0.2) is 34.8 Å². The highest BCUT2D eigenvalue weighted by Crippen LogP contribution is 2.24. The first kappa shape index (κ1) is 12.2. The second-order valence-electron chi connectivity index (χ2n) is 3.50. The minimum atomic E-state index is -4.90. The third-order valence-electron chi connectivity index (χ3n) is 2.19. The summed E-state index contributed by atoms with van der Waals surface area (Å²) < 4.78 is 36.4. The van der Waals surface area contributed by atoms with E-state index in [0.717, 1.165) is 0 Å². The van der Waals surface area contributed by atoms with Gasteiger partial charge < -0.3 is 10.1 Å². The maximum Gasteiger partial charge on any atom is 0.448 e. The normalized spacial score (nSPS) is 12.9. The van der Waals surface area contributed by atoms with E-state index >= 15 is 0 Å². The molecule has 4 nitrogen and oxygen atoms in total. The highest BCUT2D eigenvalue weighted by Gasteiger charge is 2.34. The number of aliphatic hydroxyl groups is 1. The number of rotatable bonds is 1. The predicted octanol–water partition coefficient (Wildman–Crippen LogP) is 2.38. The largest absolute Gasteiger partial charge is 0.504 e. The van der Waals surface area contributed by atoms with Crippen molar-refractivity contribution in [2.45, 2.75) is 6.18 Å². The van der Waals surface area contributed by atoms with Crippen molar-refractivity contribution in [1.29, 1.82) is 0 Å². The van der Waals surface area contributed by atoms with E-state index in [1.165, 1.54) is 6.07 Å². The average Bonchev–Trinajstić information content (AvgIpc) is 2.28. The summed E-state index contributed by atoms with van der Waals surface area (Å²) in [6, 6.07) is 6.39. The van der Waals surface area contributed by atoms with Gasteiger partial charge in [-0.25, -0.2) is 4.98 Å². The van der Waals surface area contributed by atoms with Crippen LogP contribution >= 0.6 is 0 Å². The minimum absolute atomic E-state index is 0.297. The molecular weight excluding hydrogens is 249 g/mol. The molecule has 18 heavy (non-hydrogen) atoms. The number of nitrogens with one attached hydrogen (secondary N) is 1. The molecule has 1 aromatic heterocycles. The van der Waals surface area contributed by atoms with Crippen molar-refractivity contribution in [3.8, 4) is 0 Å². The Balaban J connectivity index is 2.59. The second kappa shape index (κ2) is 4.17. The lowest BCUT2D eigenvalue weighted by atomic mass is 10.3. The number of nitrogens with zero attached hydrogens (tertiary/aromatic N) is 1. The quantitative estimate of drug-likeness (QED) is 0.770. The molecule has 2 aromatic rings. The fourth-order valence-electron chi connectivity index (χ4n) is 1.35. The number of fused-ring (bicyclic) bond motifs is 1. The highest BCUT2D eigenvalue weighted by molar-refractivity contribution is 5.74. The summed E-state index contributed by atoms with van der Waals surface area (Å²) in [6.07, 6.45) is -4.61. The molecule has 0 aliphatic carbocycles. The van der Waals surface area contributed by atoms with E-state index in [1.807, 2.05) is 0 Å².